The lowest BCUT2D eigenvalue weighted by atomic mass is 9.77. The van der Waals surface area contributed by atoms with Crippen LogP contribution in [-0.4, -0.2) is 10.1 Å². The Balaban J connectivity index is 2.00. The molecule has 18 heavy (non-hydrogen) atoms. The number of rotatable bonds is 2. The summed E-state index contributed by atoms with van der Waals surface area (Å²) in [5, 5.41) is 4.04. The highest BCUT2D eigenvalue weighted by molar-refractivity contribution is 14.1. The van der Waals surface area contributed by atoms with Crippen molar-refractivity contribution in [1.29, 1.82) is 0 Å². The molecule has 1 aliphatic rings. The van der Waals surface area contributed by atoms with E-state index in [0.717, 1.165) is 28.4 Å². The zero-order valence-corrected chi connectivity index (χ0v) is 12.3. The minimum Gasteiger partial charge on any atom is -0.334 e. The standard InChI is InChI=1S/C13H14IN3O/c1-8-3-4-10(14)9(7-8)11-16-12(17-18-11)13(15)5-2-6-13/h3-4,7H,2,5-6,15H2,1H3. The molecule has 0 spiro atoms. The molecule has 1 heterocycles. The van der Waals surface area contributed by atoms with Crippen LogP contribution in [0.4, 0.5) is 0 Å². The summed E-state index contributed by atoms with van der Waals surface area (Å²) >= 11 is 2.27. The fourth-order valence-corrected chi connectivity index (χ4v) is 2.69. The summed E-state index contributed by atoms with van der Waals surface area (Å²) in [6, 6.07) is 6.18. The minimum absolute atomic E-state index is 0.364. The SMILES string of the molecule is Cc1ccc(I)c(-c2nc(C3(N)CCC3)no2)c1. The lowest BCUT2D eigenvalue weighted by Crippen LogP contribution is -2.44. The second kappa shape index (κ2) is 4.31. The van der Waals surface area contributed by atoms with Crippen LogP contribution in [0.25, 0.3) is 11.5 Å². The minimum atomic E-state index is -0.364. The third kappa shape index (κ3) is 1.95. The number of hydrogen-bond donors (Lipinski definition) is 1. The third-order valence-corrected chi connectivity index (χ3v) is 4.41. The van der Waals surface area contributed by atoms with Gasteiger partial charge in [0.2, 0.25) is 0 Å². The molecule has 2 aromatic rings. The molecule has 0 bridgehead atoms. The van der Waals surface area contributed by atoms with Gasteiger partial charge in [-0.15, -0.1) is 0 Å². The van der Waals surface area contributed by atoms with E-state index in [2.05, 4.69) is 50.9 Å². The molecule has 3 rings (SSSR count). The van der Waals surface area contributed by atoms with Crippen LogP contribution >= 0.6 is 22.6 Å². The molecule has 5 heteroatoms. The van der Waals surface area contributed by atoms with Crippen molar-refractivity contribution in [2.45, 2.75) is 31.7 Å². The lowest BCUT2D eigenvalue weighted by Gasteiger charge is -2.34. The molecule has 2 N–H and O–H groups in total. The molecule has 94 valence electrons. The van der Waals surface area contributed by atoms with Crippen LogP contribution in [0.5, 0.6) is 0 Å². The van der Waals surface area contributed by atoms with Gasteiger partial charge in [0.1, 0.15) is 0 Å². The molecule has 1 saturated carbocycles. The topological polar surface area (TPSA) is 64.9 Å². The van der Waals surface area contributed by atoms with Crippen molar-refractivity contribution in [2.24, 2.45) is 5.73 Å². The normalized spacial score (nSPS) is 17.5. The van der Waals surface area contributed by atoms with Crippen molar-refractivity contribution < 1.29 is 4.52 Å². The molecule has 4 nitrogen and oxygen atoms in total. The van der Waals surface area contributed by atoms with Gasteiger partial charge >= 0.3 is 0 Å². The number of hydrogen-bond acceptors (Lipinski definition) is 4. The van der Waals surface area contributed by atoms with Crippen molar-refractivity contribution in [1.82, 2.24) is 10.1 Å². The van der Waals surface area contributed by atoms with E-state index in [-0.39, 0.29) is 5.54 Å². The molecule has 0 amide bonds. The first-order chi connectivity index (χ1) is 8.58. The Labute approximate surface area is 119 Å². The van der Waals surface area contributed by atoms with Gasteiger partial charge in [0.25, 0.3) is 5.89 Å². The van der Waals surface area contributed by atoms with Crippen molar-refractivity contribution >= 4 is 22.6 Å². The molecule has 1 aromatic heterocycles. The van der Waals surface area contributed by atoms with Crippen LogP contribution in [0.3, 0.4) is 0 Å². The monoisotopic (exact) mass is 355 g/mol. The summed E-state index contributed by atoms with van der Waals surface area (Å²) in [5.41, 5.74) is 7.99. The highest BCUT2D eigenvalue weighted by Crippen LogP contribution is 2.38. The first-order valence-corrected chi connectivity index (χ1v) is 7.06. The van der Waals surface area contributed by atoms with Crippen LogP contribution in [0.1, 0.15) is 30.7 Å². The van der Waals surface area contributed by atoms with Crippen molar-refractivity contribution in [3.63, 3.8) is 0 Å². The average molecular weight is 355 g/mol. The van der Waals surface area contributed by atoms with Crippen LogP contribution < -0.4 is 5.73 Å². The predicted octanol–water partition coefficient (Wildman–Crippen LogP) is 2.99. The van der Waals surface area contributed by atoms with Crippen molar-refractivity contribution in [3.8, 4) is 11.5 Å². The fraction of sp³-hybridized carbons (Fsp3) is 0.385. The van der Waals surface area contributed by atoms with Gasteiger partial charge in [0, 0.05) is 3.57 Å². The number of halogens is 1. The van der Waals surface area contributed by atoms with E-state index in [1.54, 1.807) is 0 Å². The first-order valence-electron chi connectivity index (χ1n) is 5.98. The molecule has 0 aliphatic heterocycles. The number of aryl methyl sites for hydroxylation is 1. The molecule has 0 unspecified atom stereocenters. The smallest absolute Gasteiger partial charge is 0.259 e. The average Bonchev–Trinajstić information content (AvgIpc) is 2.79. The van der Waals surface area contributed by atoms with E-state index in [4.69, 9.17) is 10.3 Å². The maximum Gasteiger partial charge on any atom is 0.259 e. The fourth-order valence-electron chi connectivity index (χ4n) is 2.12. The van der Waals surface area contributed by atoms with E-state index in [0.29, 0.717) is 11.7 Å². The molecular weight excluding hydrogens is 341 g/mol. The largest absolute Gasteiger partial charge is 0.334 e. The lowest BCUT2D eigenvalue weighted by molar-refractivity contribution is 0.229. The zero-order chi connectivity index (χ0) is 12.8. The summed E-state index contributed by atoms with van der Waals surface area (Å²) in [6.07, 6.45) is 3.02. The highest BCUT2D eigenvalue weighted by Gasteiger charge is 2.39. The maximum atomic E-state index is 6.20. The Hall–Kier alpha value is -0.950. The van der Waals surface area contributed by atoms with Crippen molar-refractivity contribution in [2.75, 3.05) is 0 Å². The van der Waals surface area contributed by atoms with Gasteiger partial charge < -0.3 is 10.3 Å². The molecular formula is C13H14IN3O. The Morgan fingerprint density at radius 3 is 2.83 bits per heavy atom. The third-order valence-electron chi connectivity index (χ3n) is 3.47. The van der Waals surface area contributed by atoms with Gasteiger partial charge in [-0.1, -0.05) is 16.8 Å². The second-order valence-corrected chi connectivity index (χ2v) is 6.08. The van der Waals surface area contributed by atoms with Crippen LogP contribution in [-0.2, 0) is 5.54 Å². The van der Waals surface area contributed by atoms with Crippen LogP contribution in [0.15, 0.2) is 22.7 Å². The van der Waals surface area contributed by atoms with E-state index in [1.165, 1.54) is 5.56 Å². The molecule has 0 saturated heterocycles. The summed E-state index contributed by atoms with van der Waals surface area (Å²) in [7, 11) is 0. The molecule has 1 fully saturated rings. The van der Waals surface area contributed by atoms with Gasteiger partial charge in [-0.2, -0.15) is 4.98 Å². The van der Waals surface area contributed by atoms with E-state index >= 15 is 0 Å². The summed E-state index contributed by atoms with van der Waals surface area (Å²) in [5.74, 6) is 1.20. The first kappa shape index (κ1) is 12.1. The Bertz CT molecular complexity index is 590. The summed E-state index contributed by atoms with van der Waals surface area (Å²) < 4.78 is 6.47. The van der Waals surface area contributed by atoms with Gasteiger partial charge in [-0.3, -0.25) is 0 Å². The van der Waals surface area contributed by atoms with Crippen LogP contribution in [0.2, 0.25) is 0 Å². The summed E-state index contributed by atoms with van der Waals surface area (Å²) in [4.78, 5) is 4.47. The van der Waals surface area contributed by atoms with Gasteiger partial charge in [0.15, 0.2) is 5.82 Å². The number of benzene rings is 1. The molecule has 1 aromatic carbocycles. The predicted molar refractivity (Wildman–Crippen MR) is 76.9 cm³/mol. The number of aromatic nitrogens is 2. The Morgan fingerprint density at radius 2 is 2.17 bits per heavy atom. The molecule has 0 atom stereocenters. The Kier molecular flexibility index (Phi) is 2.90. The molecule has 0 radical (unpaired) electrons. The zero-order valence-electron chi connectivity index (χ0n) is 10.1. The second-order valence-electron chi connectivity index (χ2n) is 4.92. The van der Waals surface area contributed by atoms with E-state index < -0.39 is 0 Å². The number of nitrogens with two attached hydrogens (primary N) is 1. The van der Waals surface area contributed by atoms with E-state index in [9.17, 15) is 0 Å². The van der Waals surface area contributed by atoms with E-state index in [1.807, 2.05) is 6.92 Å². The molecule has 1 aliphatic carbocycles. The highest BCUT2D eigenvalue weighted by atomic mass is 127. The summed E-state index contributed by atoms with van der Waals surface area (Å²) in [6.45, 7) is 2.05. The van der Waals surface area contributed by atoms with Gasteiger partial charge in [-0.25, -0.2) is 0 Å². The Morgan fingerprint density at radius 1 is 1.39 bits per heavy atom. The van der Waals surface area contributed by atoms with Crippen LogP contribution in [0, 0.1) is 10.5 Å². The van der Waals surface area contributed by atoms with Crippen molar-refractivity contribution in [3.05, 3.63) is 33.2 Å². The quantitative estimate of drug-likeness (QED) is 0.842. The van der Waals surface area contributed by atoms with Gasteiger partial charge in [0.05, 0.1) is 11.1 Å². The maximum absolute atomic E-state index is 6.20. The number of nitrogens with zero attached hydrogens (tertiary/aromatic N) is 2. The van der Waals surface area contributed by atoms with Gasteiger partial charge in [-0.05, 0) is 60.9 Å².